The smallest absolute Gasteiger partial charge is 0.330 e. The van der Waals surface area contributed by atoms with Crippen molar-refractivity contribution in [3.05, 3.63) is 29.3 Å². The maximum atomic E-state index is 12.0. The molecule has 0 aromatic heterocycles. The van der Waals surface area contributed by atoms with E-state index >= 15 is 0 Å². The Bertz CT molecular complexity index is 500. The minimum atomic E-state index is -1.05. The van der Waals surface area contributed by atoms with Crippen molar-refractivity contribution in [3.63, 3.8) is 0 Å². The first-order chi connectivity index (χ1) is 9.15. The largest absolute Gasteiger partial charge is 0.493 e. The number of nitrogens with one attached hydrogen (secondary N) is 1. The third kappa shape index (κ3) is 2.85. The van der Waals surface area contributed by atoms with E-state index in [0.717, 1.165) is 17.7 Å². The molecule has 2 rings (SSSR count). The molecule has 1 atom stereocenters. The van der Waals surface area contributed by atoms with E-state index in [1.165, 1.54) is 7.11 Å². The summed E-state index contributed by atoms with van der Waals surface area (Å²) in [5.74, 6) is -0.331. The Balaban J connectivity index is 2.09. The maximum Gasteiger partial charge on any atom is 0.330 e. The third-order valence-corrected chi connectivity index (χ3v) is 2.93. The van der Waals surface area contributed by atoms with Gasteiger partial charge in [-0.15, -0.1) is 0 Å². The number of esters is 1. The normalized spacial score (nSPS) is 14.2. The first-order valence-corrected chi connectivity index (χ1v) is 5.91. The fourth-order valence-electron chi connectivity index (χ4n) is 1.89. The van der Waals surface area contributed by atoms with Gasteiger partial charge in [0.15, 0.2) is 6.04 Å². The quantitative estimate of drug-likeness (QED) is 0.742. The molecule has 1 aromatic carbocycles. The average molecular weight is 265 g/mol. The number of aliphatic hydroxyl groups is 1. The number of methoxy groups -OCH3 is 1. The van der Waals surface area contributed by atoms with Crippen LogP contribution < -0.4 is 10.1 Å². The number of fused-ring (bicyclic) bond motifs is 1. The van der Waals surface area contributed by atoms with Gasteiger partial charge in [-0.3, -0.25) is 4.79 Å². The number of carbonyl (C=O) groups excluding carboxylic acids is 2. The molecule has 6 heteroatoms. The van der Waals surface area contributed by atoms with Crippen molar-refractivity contribution in [3.8, 4) is 5.75 Å². The van der Waals surface area contributed by atoms with Crippen molar-refractivity contribution >= 4 is 11.9 Å². The molecule has 1 heterocycles. The van der Waals surface area contributed by atoms with Gasteiger partial charge < -0.3 is 19.9 Å². The van der Waals surface area contributed by atoms with Crippen molar-refractivity contribution < 1.29 is 24.2 Å². The topological polar surface area (TPSA) is 84.9 Å². The van der Waals surface area contributed by atoms with Gasteiger partial charge in [0, 0.05) is 12.0 Å². The number of hydrogen-bond donors (Lipinski definition) is 2. The number of amides is 1. The number of aliphatic hydroxyl groups excluding tert-OH is 1. The predicted molar refractivity (Wildman–Crippen MR) is 66.0 cm³/mol. The van der Waals surface area contributed by atoms with E-state index in [1.807, 2.05) is 0 Å². The van der Waals surface area contributed by atoms with Crippen LogP contribution in [-0.4, -0.2) is 43.3 Å². The molecule has 102 valence electrons. The van der Waals surface area contributed by atoms with Gasteiger partial charge in [0.1, 0.15) is 5.75 Å². The Morgan fingerprint density at radius 2 is 2.32 bits per heavy atom. The van der Waals surface area contributed by atoms with Gasteiger partial charge in [-0.1, -0.05) is 0 Å². The summed E-state index contributed by atoms with van der Waals surface area (Å²) in [5.41, 5.74) is 1.39. The van der Waals surface area contributed by atoms with Crippen LogP contribution in [0.4, 0.5) is 0 Å². The Hall–Kier alpha value is -2.08. The molecule has 1 aromatic rings. The van der Waals surface area contributed by atoms with Crippen molar-refractivity contribution in [2.24, 2.45) is 0 Å². The zero-order chi connectivity index (χ0) is 13.8. The lowest BCUT2D eigenvalue weighted by atomic mass is 10.1. The molecule has 0 saturated carbocycles. The molecule has 0 radical (unpaired) electrons. The van der Waals surface area contributed by atoms with E-state index in [4.69, 9.17) is 9.84 Å². The highest BCUT2D eigenvalue weighted by Crippen LogP contribution is 2.25. The van der Waals surface area contributed by atoms with Crippen LogP contribution in [0.5, 0.6) is 5.75 Å². The average Bonchev–Trinajstić information content (AvgIpc) is 2.90. The van der Waals surface area contributed by atoms with Gasteiger partial charge >= 0.3 is 5.97 Å². The van der Waals surface area contributed by atoms with Crippen LogP contribution in [0.25, 0.3) is 0 Å². The van der Waals surface area contributed by atoms with Gasteiger partial charge in [-0.2, -0.15) is 0 Å². The molecule has 0 bridgehead atoms. The Kier molecular flexibility index (Phi) is 4.01. The summed E-state index contributed by atoms with van der Waals surface area (Å²) < 4.78 is 9.83. The first-order valence-electron chi connectivity index (χ1n) is 5.91. The molecular formula is C13H15NO5. The molecule has 1 unspecified atom stereocenters. The molecule has 0 aliphatic carbocycles. The van der Waals surface area contributed by atoms with Gasteiger partial charge in [0.05, 0.1) is 20.3 Å². The van der Waals surface area contributed by atoms with Gasteiger partial charge in [-0.05, 0) is 23.8 Å². The number of carbonyl (C=O) groups is 2. The highest BCUT2D eigenvalue weighted by atomic mass is 16.5. The molecule has 2 N–H and O–H groups in total. The second-order valence-corrected chi connectivity index (χ2v) is 4.15. The molecule has 6 nitrogen and oxygen atoms in total. The lowest BCUT2D eigenvalue weighted by molar-refractivity contribution is -0.143. The molecular weight excluding hydrogens is 250 g/mol. The van der Waals surface area contributed by atoms with Gasteiger partial charge in [-0.25, -0.2) is 4.79 Å². The molecule has 1 amide bonds. The zero-order valence-electron chi connectivity index (χ0n) is 10.5. The zero-order valence-corrected chi connectivity index (χ0v) is 10.5. The number of hydrogen-bond acceptors (Lipinski definition) is 5. The first kappa shape index (κ1) is 13.4. The summed E-state index contributed by atoms with van der Waals surface area (Å²) >= 11 is 0. The summed E-state index contributed by atoms with van der Waals surface area (Å²) in [6.45, 7) is 0.105. The molecule has 0 saturated heterocycles. The predicted octanol–water partition coefficient (Wildman–Crippen LogP) is -0.115. The summed E-state index contributed by atoms with van der Waals surface area (Å²) in [5, 5.41) is 11.5. The lowest BCUT2D eigenvalue weighted by Crippen LogP contribution is -2.44. The van der Waals surface area contributed by atoms with Crippen molar-refractivity contribution in [2.45, 2.75) is 12.5 Å². The number of benzene rings is 1. The van der Waals surface area contributed by atoms with Crippen LogP contribution in [-0.2, 0) is 16.0 Å². The lowest BCUT2D eigenvalue weighted by Gasteiger charge is -2.14. The van der Waals surface area contributed by atoms with Crippen LogP contribution in [0, 0.1) is 0 Å². The molecule has 0 spiro atoms. The summed E-state index contributed by atoms with van der Waals surface area (Å²) in [7, 11) is 1.20. The van der Waals surface area contributed by atoms with E-state index in [1.54, 1.807) is 18.2 Å². The van der Waals surface area contributed by atoms with Crippen LogP contribution in [0.3, 0.4) is 0 Å². The van der Waals surface area contributed by atoms with E-state index in [9.17, 15) is 9.59 Å². The van der Waals surface area contributed by atoms with Gasteiger partial charge in [0.25, 0.3) is 5.91 Å². The minimum absolute atomic E-state index is 0.423. The fraction of sp³-hybridized carbons (Fsp3) is 0.385. The number of rotatable bonds is 4. The number of ether oxygens (including phenoxy) is 2. The minimum Gasteiger partial charge on any atom is -0.493 e. The Morgan fingerprint density at radius 3 is 3.00 bits per heavy atom. The SMILES string of the molecule is COC(=O)C(CO)NC(=O)c1ccc2c(c1)CCO2. The summed E-state index contributed by atoms with van der Waals surface area (Å²) in [4.78, 5) is 23.2. The van der Waals surface area contributed by atoms with Crippen LogP contribution in [0.1, 0.15) is 15.9 Å². The maximum absolute atomic E-state index is 12.0. The van der Waals surface area contributed by atoms with E-state index in [0.29, 0.717) is 12.2 Å². The monoisotopic (exact) mass is 265 g/mol. The van der Waals surface area contributed by atoms with Crippen LogP contribution >= 0.6 is 0 Å². The standard InChI is InChI=1S/C13H15NO5/c1-18-13(17)10(7-15)14-12(16)9-2-3-11-8(6-9)4-5-19-11/h2-3,6,10,15H,4-5,7H2,1H3,(H,14,16). The summed E-state index contributed by atoms with van der Waals surface area (Å²) in [6.07, 6.45) is 0.761. The molecule has 1 aliphatic rings. The van der Waals surface area contributed by atoms with Crippen molar-refractivity contribution in [1.82, 2.24) is 5.32 Å². The summed E-state index contributed by atoms with van der Waals surface area (Å²) in [6, 6.07) is 4.01. The van der Waals surface area contributed by atoms with Crippen molar-refractivity contribution in [2.75, 3.05) is 20.3 Å². The second-order valence-electron chi connectivity index (χ2n) is 4.15. The van der Waals surface area contributed by atoms with E-state index in [-0.39, 0.29) is 0 Å². The Morgan fingerprint density at radius 1 is 1.53 bits per heavy atom. The van der Waals surface area contributed by atoms with Crippen LogP contribution in [0.2, 0.25) is 0 Å². The van der Waals surface area contributed by atoms with E-state index < -0.39 is 24.5 Å². The molecule has 0 fully saturated rings. The third-order valence-electron chi connectivity index (χ3n) is 2.93. The van der Waals surface area contributed by atoms with E-state index in [2.05, 4.69) is 10.1 Å². The fourth-order valence-corrected chi connectivity index (χ4v) is 1.89. The van der Waals surface area contributed by atoms with Gasteiger partial charge in [0.2, 0.25) is 0 Å². The van der Waals surface area contributed by atoms with Crippen molar-refractivity contribution in [1.29, 1.82) is 0 Å². The molecule has 19 heavy (non-hydrogen) atoms. The Labute approximate surface area is 110 Å². The molecule has 1 aliphatic heterocycles. The second kappa shape index (κ2) is 5.71. The van der Waals surface area contributed by atoms with Crippen LogP contribution in [0.15, 0.2) is 18.2 Å². The highest BCUT2D eigenvalue weighted by Gasteiger charge is 2.22. The highest BCUT2D eigenvalue weighted by molar-refractivity contribution is 5.97.